The molecule has 1 aliphatic carbocycles. The Morgan fingerprint density at radius 3 is 2.35 bits per heavy atom. The molecule has 1 fully saturated rings. The van der Waals surface area contributed by atoms with Gasteiger partial charge < -0.3 is 59.8 Å². The summed E-state index contributed by atoms with van der Waals surface area (Å²) in [5, 5.41) is 17.5. The first-order valence-electron chi connectivity index (χ1n) is 27.2. The second-order valence-corrected chi connectivity index (χ2v) is 29.4. The number of benzene rings is 3. The predicted octanol–water partition coefficient (Wildman–Crippen LogP) is 4.19. The highest BCUT2D eigenvalue weighted by atomic mass is 32.5. The van der Waals surface area contributed by atoms with E-state index >= 15 is 0 Å². The number of nitrogens with two attached hydrogens (primary N) is 1. The maximum Gasteiger partial charge on any atom is 0.488 e. The maximum absolute atomic E-state index is 13.5. The Bertz CT molecular complexity index is 4210. The number of aromatic amines is 1. The van der Waals surface area contributed by atoms with Gasteiger partial charge in [0.05, 0.1) is 29.6 Å². The number of carbonyl (C=O) groups is 2. The van der Waals surface area contributed by atoms with Crippen LogP contribution in [0.4, 0.5) is 16.4 Å². The first-order chi connectivity index (χ1) is 41.7. The monoisotopic (exact) mass is 1360 g/mol. The summed E-state index contributed by atoms with van der Waals surface area (Å²) in [5.74, 6) is -0.219. The van der Waals surface area contributed by atoms with Crippen LogP contribution in [0.15, 0.2) is 105 Å². The number of nitrogens with one attached hydrogen (secondary N) is 3. The van der Waals surface area contributed by atoms with Gasteiger partial charge in [0.2, 0.25) is 17.2 Å². The number of amides is 2. The van der Waals surface area contributed by atoms with Crippen molar-refractivity contribution < 1.29 is 96.4 Å². The van der Waals surface area contributed by atoms with Crippen molar-refractivity contribution in [2.45, 2.75) is 88.2 Å². The average molecular weight is 1360 g/mol. The topological polar surface area (TPSA) is 457 Å². The van der Waals surface area contributed by atoms with Gasteiger partial charge >= 0.3 is 28.5 Å². The van der Waals surface area contributed by atoms with Crippen molar-refractivity contribution in [3.8, 4) is 22.6 Å². The third-order valence-corrected chi connectivity index (χ3v) is 20.6. The van der Waals surface area contributed by atoms with Crippen LogP contribution in [0.3, 0.4) is 0 Å². The molecule has 3 unspecified atom stereocenters. The molecule has 0 saturated carbocycles. The largest absolute Gasteiger partial charge is 0.488 e. The van der Waals surface area contributed by atoms with Gasteiger partial charge in [-0.3, -0.25) is 32.8 Å². The van der Waals surface area contributed by atoms with Crippen LogP contribution in [0, 0.1) is 6.92 Å². The van der Waals surface area contributed by atoms with E-state index in [-0.39, 0.29) is 62.4 Å². The molecule has 4 aromatic rings. The SMILES string of the molecule is CC[N+](CC)=c1ccc2c(/C=C/C=C3\N(CCCS(=O)(=O)O)c4ccc(S(=O)(=O)O)cc4C3(C)CCCC(=O)NCCNC(=O)O[C@H]3[C@@H](O)[C@H](n4cnc5c(=O)[nH]c(N)nc54)O[C@@H]3COP(=O)(O)OP(=O)(O)OP(O)(O)=S)c(C)c(-c3ccccc3)oc-2c1. The van der Waals surface area contributed by atoms with Gasteiger partial charge in [0.25, 0.3) is 25.8 Å². The Morgan fingerprint density at radius 1 is 0.966 bits per heavy atom. The summed E-state index contributed by atoms with van der Waals surface area (Å²) >= 11 is 4.10. The van der Waals surface area contributed by atoms with E-state index < -0.39 is 107 Å². The maximum atomic E-state index is 13.5. The van der Waals surface area contributed by atoms with Crippen LogP contribution in [0.1, 0.15) is 69.4 Å². The van der Waals surface area contributed by atoms with Crippen LogP contribution in [0.2, 0.25) is 0 Å². The number of phosphoric ester groups is 1. The molecule has 89 heavy (non-hydrogen) atoms. The summed E-state index contributed by atoms with van der Waals surface area (Å²) < 4.78 is 128. The van der Waals surface area contributed by atoms with Crippen molar-refractivity contribution in [3.05, 3.63) is 123 Å². The fourth-order valence-corrected chi connectivity index (χ4v) is 15.4. The molecule has 0 bridgehead atoms. The number of aliphatic hydroxyl groups excluding tert-OH is 1. The lowest BCUT2D eigenvalue weighted by Crippen LogP contribution is -2.42. The molecule has 7 atom stereocenters. The predicted molar refractivity (Wildman–Crippen MR) is 325 cm³/mol. The van der Waals surface area contributed by atoms with Gasteiger partial charge in [-0.05, 0) is 100 Å². The Labute approximate surface area is 513 Å². The second-order valence-electron chi connectivity index (χ2n) is 20.6. The molecule has 2 aromatic carbocycles. The van der Waals surface area contributed by atoms with Crippen LogP contribution >= 0.6 is 22.4 Å². The Hall–Kier alpha value is -6.39. The molecule has 1 saturated heterocycles. The summed E-state index contributed by atoms with van der Waals surface area (Å²) in [6.07, 6.45) is -1.71. The zero-order valence-electron chi connectivity index (χ0n) is 47.9. The number of nitrogen functional groups attached to an aromatic ring is 1. The number of anilines is 2. The normalized spacial score (nSPS) is 20.7. The highest BCUT2D eigenvalue weighted by Crippen LogP contribution is 2.66. The Kier molecular flexibility index (Phi) is 21.2. The number of H-pyrrole nitrogens is 1. The molecule has 8 rings (SSSR count). The zero-order valence-corrected chi connectivity index (χ0v) is 53.0. The molecule has 0 spiro atoms. The van der Waals surface area contributed by atoms with Crippen molar-refractivity contribution in [2.75, 3.05) is 55.7 Å². The number of rotatable bonds is 26. The van der Waals surface area contributed by atoms with E-state index in [9.17, 15) is 74.1 Å². The minimum atomic E-state index is -5.77. The first-order valence-corrected chi connectivity index (χ1v) is 35.9. The lowest BCUT2D eigenvalue weighted by Gasteiger charge is -2.30. The number of alkyl carbamates (subject to hydrolysis) is 1. The number of allylic oxidation sites excluding steroid dienone is 3. The van der Waals surface area contributed by atoms with Crippen molar-refractivity contribution in [1.82, 2.24) is 34.7 Å². The number of hydrogen-bond acceptors (Lipinski definition) is 21. The third-order valence-electron chi connectivity index (χ3n) is 14.6. The fourth-order valence-electron chi connectivity index (χ4n) is 10.6. The summed E-state index contributed by atoms with van der Waals surface area (Å²) in [6.45, 7) is 2.82. The van der Waals surface area contributed by atoms with Crippen molar-refractivity contribution in [2.24, 2.45) is 0 Å². The van der Waals surface area contributed by atoms with Crippen LogP contribution in [0.5, 0.6) is 0 Å². The second kappa shape index (κ2) is 27.6. The van der Waals surface area contributed by atoms with E-state index in [1.807, 2.05) is 80.6 Å². The summed E-state index contributed by atoms with van der Waals surface area (Å²) in [6, 6.07) is 19.6. The van der Waals surface area contributed by atoms with Crippen LogP contribution < -0.4 is 36.8 Å². The molecule has 4 aliphatic rings. The van der Waals surface area contributed by atoms with Crippen molar-refractivity contribution >= 4 is 95.3 Å². The highest BCUT2D eigenvalue weighted by Gasteiger charge is 2.50. The number of ether oxygens (including phenoxy) is 2. The molecule has 0 radical (unpaired) electrons. The van der Waals surface area contributed by atoms with E-state index in [0.29, 0.717) is 28.5 Å². The van der Waals surface area contributed by atoms with Crippen molar-refractivity contribution in [3.63, 3.8) is 0 Å². The van der Waals surface area contributed by atoms with E-state index in [4.69, 9.17) is 24.1 Å². The van der Waals surface area contributed by atoms with Crippen LogP contribution in [-0.2, 0) is 74.0 Å². The summed E-state index contributed by atoms with van der Waals surface area (Å²) in [4.78, 5) is 89.4. The molecule has 5 heterocycles. The molecule has 2 amide bonds. The molecule has 37 heteroatoms. The van der Waals surface area contributed by atoms with E-state index in [2.05, 4.69) is 64.4 Å². The number of carbonyl (C=O) groups excluding carboxylic acids is 2. The van der Waals surface area contributed by atoms with Gasteiger partial charge in [0.15, 0.2) is 23.5 Å². The van der Waals surface area contributed by atoms with Crippen LogP contribution in [-0.4, -0.2) is 146 Å². The quantitative estimate of drug-likeness (QED) is 0.0157. The molecule has 482 valence electrons. The zero-order chi connectivity index (χ0) is 65.0. The first kappa shape index (κ1) is 68.5. The molecule has 3 aliphatic heterocycles. The number of aliphatic hydroxyl groups is 1. The van der Waals surface area contributed by atoms with Gasteiger partial charge in [-0.25, -0.2) is 27.8 Å². The summed E-state index contributed by atoms with van der Waals surface area (Å²) in [7, 11) is -20.6. The Balaban J connectivity index is 0.996. The number of imidazole rings is 1. The number of fused-ring (bicyclic) bond motifs is 3. The van der Waals surface area contributed by atoms with Gasteiger partial charge in [-0.1, -0.05) is 42.5 Å². The molecular formula is C52H65N9O22P3S3+. The van der Waals surface area contributed by atoms with E-state index in [1.165, 1.54) is 18.2 Å². The number of hydrogen-bond donors (Lipinski definition) is 11. The van der Waals surface area contributed by atoms with E-state index in [0.717, 1.165) is 51.6 Å². The number of nitrogens with zero attached hydrogens (tertiary/aromatic N) is 5. The highest BCUT2D eigenvalue weighted by molar-refractivity contribution is 8.08. The van der Waals surface area contributed by atoms with Gasteiger partial charge in [-0.2, -0.15) is 26.1 Å². The van der Waals surface area contributed by atoms with Gasteiger partial charge in [0.1, 0.15) is 36.8 Å². The van der Waals surface area contributed by atoms with Gasteiger partial charge in [0, 0.05) is 65.6 Å². The molecule has 2 aromatic heterocycles. The number of aromatic nitrogens is 4. The minimum absolute atomic E-state index is 0.0284. The van der Waals surface area contributed by atoms with Crippen LogP contribution in [0.25, 0.3) is 39.9 Å². The average Bonchev–Trinajstić information content (AvgIpc) is 1.72. The minimum Gasteiger partial charge on any atom is -0.456 e. The number of phosphoric acid groups is 2. The lowest BCUT2D eigenvalue weighted by atomic mass is 9.77. The van der Waals surface area contributed by atoms with Gasteiger partial charge in [-0.15, -0.1) is 0 Å². The molecule has 12 N–H and O–H groups in total. The third kappa shape index (κ3) is 16.8. The summed E-state index contributed by atoms with van der Waals surface area (Å²) in [5.41, 5.74) is 8.06. The molecule has 31 nitrogen and oxygen atoms in total. The Morgan fingerprint density at radius 2 is 1.67 bits per heavy atom. The molecular weight excluding hydrogens is 1290 g/mol. The van der Waals surface area contributed by atoms with E-state index in [1.54, 1.807) is 4.90 Å². The standard InChI is InChI=1S/C52H64N9O22P3S3/c1-5-59(6-2)33-18-20-36-35(31(3)45(79-39(36)27-33)32-13-8-7-9-14-32)15-10-16-41-52(4,37-28-34(89(75,76)77)19-21-38(37)60(41)25-12-26-88(72,73)74)22-11-17-42(62)54-23-24-55-51(65)81-46-40(29-78-84(66,67)82-85(68,69)83-86(70,71)87)80-49(44(46)63)61-30-56-43-47(61)57-50(53)58-48(43)64/h7-10,13-16,18-21,27-28,30,40,44,46,49,63H,5-6,11-12,17,22-26,29H2,1-4H3,(H10-,53,54,55,57,58,62,64,65,66,67,68,69,70,71,72,73,74,75,76,77,87)/p+1/t40-,44-,46-,49-,52?/m1/s1. The van der Waals surface area contributed by atoms with Crippen molar-refractivity contribution in [1.29, 1.82) is 0 Å². The smallest absolute Gasteiger partial charge is 0.456 e. The fraction of sp³-hybridized carbons (Fsp3) is 0.385. The lowest BCUT2D eigenvalue weighted by molar-refractivity contribution is -0.121.